The minimum absolute atomic E-state index is 0.00221. The quantitative estimate of drug-likeness (QED) is 0.878. The van der Waals surface area contributed by atoms with Crippen LogP contribution in [0.1, 0.15) is 13.8 Å². The van der Waals surface area contributed by atoms with Crippen molar-refractivity contribution < 1.29 is 4.79 Å². The SMILES string of the molecule is CC(C)C(=O)Nc1cnn(-c2ccccc2)c1. The zero-order chi connectivity index (χ0) is 12.3. The van der Waals surface area contributed by atoms with Crippen LogP contribution < -0.4 is 5.32 Å². The van der Waals surface area contributed by atoms with Crippen molar-refractivity contribution in [1.29, 1.82) is 0 Å². The molecule has 0 aliphatic rings. The van der Waals surface area contributed by atoms with Gasteiger partial charge in [0.2, 0.25) is 5.91 Å². The number of hydrogen-bond donors (Lipinski definition) is 1. The summed E-state index contributed by atoms with van der Waals surface area (Å²) in [6, 6.07) is 9.77. The highest BCUT2D eigenvalue weighted by Crippen LogP contribution is 2.12. The minimum Gasteiger partial charge on any atom is -0.323 e. The van der Waals surface area contributed by atoms with Crippen molar-refractivity contribution in [3.63, 3.8) is 0 Å². The number of amides is 1. The number of nitrogens with zero attached hydrogens (tertiary/aromatic N) is 2. The van der Waals surface area contributed by atoms with Gasteiger partial charge in [0.15, 0.2) is 0 Å². The van der Waals surface area contributed by atoms with E-state index in [4.69, 9.17) is 0 Å². The van der Waals surface area contributed by atoms with Crippen molar-refractivity contribution in [2.75, 3.05) is 5.32 Å². The van der Waals surface area contributed by atoms with Gasteiger partial charge in [-0.2, -0.15) is 5.10 Å². The normalized spacial score (nSPS) is 10.5. The number of rotatable bonds is 3. The third kappa shape index (κ3) is 2.72. The van der Waals surface area contributed by atoms with Crippen molar-refractivity contribution >= 4 is 11.6 Å². The zero-order valence-corrected chi connectivity index (χ0v) is 9.92. The van der Waals surface area contributed by atoms with Gasteiger partial charge in [0.1, 0.15) is 0 Å². The second kappa shape index (κ2) is 4.82. The molecule has 17 heavy (non-hydrogen) atoms. The van der Waals surface area contributed by atoms with E-state index in [0.717, 1.165) is 5.69 Å². The Kier molecular flexibility index (Phi) is 3.23. The third-order valence-corrected chi connectivity index (χ3v) is 2.40. The fourth-order valence-electron chi connectivity index (χ4n) is 1.40. The number of aromatic nitrogens is 2. The highest BCUT2D eigenvalue weighted by Gasteiger charge is 2.08. The van der Waals surface area contributed by atoms with E-state index in [1.807, 2.05) is 44.2 Å². The molecule has 2 aromatic rings. The first-order valence-electron chi connectivity index (χ1n) is 5.58. The van der Waals surface area contributed by atoms with Gasteiger partial charge in [-0.1, -0.05) is 32.0 Å². The van der Waals surface area contributed by atoms with Crippen LogP contribution in [0.3, 0.4) is 0 Å². The number of carbonyl (C=O) groups is 1. The van der Waals surface area contributed by atoms with E-state index in [-0.39, 0.29) is 11.8 Å². The molecule has 2 rings (SSSR count). The number of hydrogen-bond acceptors (Lipinski definition) is 2. The summed E-state index contributed by atoms with van der Waals surface area (Å²) in [5.74, 6) is -0.0345. The fourth-order valence-corrected chi connectivity index (χ4v) is 1.40. The van der Waals surface area contributed by atoms with E-state index in [1.54, 1.807) is 17.1 Å². The maximum atomic E-state index is 11.5. The molecule has 1 aromatic carbocycles. The molecule has 0 bridgehead atoms. The van der Waals surface area contributed by atoms with Gasteiger partial charge in [0.05, 0.1) is 23.8 Å². The molecule has 4 nitrogen and oxygen atoms in total. The number of para-hydroxylation sites is 1. The van der Waals surface area contributed by atoms with Gasteiger partial charge in [0, 0.05) is 5.92 Å². The molecule has 88 valence electrons. The van der Waals surface area contributed by atoms with Gasteiger partial charge < -0.3 is 5.32 Å². The molecule has 0 aliphatic heterocycles. The Morgan fingerprint density at radius 3 is 2.65 bits per heavy atom. The van der Waals surface area contributed by atoms with Crippen LogP contribution in [-0.2, 0) is 4.79 Å². The van der Waals surface area contributed by atoms with Crippen molar-refractivity contribution in [2.45, 2.75) is 13.8 Å². The highest BCUT2D eigenvalue weighted by molar-refractivity contribution is 5.91. The first-order valence-corrected chi connectivity index (χ1v) is 5.58. The van der Waals surface area contributed by atoms with Crippen LogP contribution in [0.15, 0.2) is 42.7 Å². The molecule has 0 radical (unpaired) electrons. The average Bonchev–Trinajstić information content (AvgIpc) is 2.78. The predicted octanol–water partition coefficient (Wildman–Crippen LogP) is 2.47. The molecule has 4 heteroatoms. The summed E-state index contributed by atoms with van der Waals surface area (Å²) >= 11 is 0. The summed E-state index contributed by atoms with van der Waals surface area (Å²) in [5, 5.41) is 7.01. The lowest BCUT2D eigenvalue weighted by Crippen LogP contribution is -2.17. The first kappa shape index (κ1) is 11.4. The second-order valence-electron chi connectivity index (χ2n) is 4.15. The lowest BCUT2D eigenvalue weighted by Gasteiger charge is -2.04. The molecule has 1 amide bonds. The fraction of sp³-hybridized carbons (Fsp3) is 0.231. The Bertz CT molecular complexity index is 502. The van der Waals surface area contributed by atoms with Crippen LogP contribution in [0.2, 0.25) is 0 Å². The molecule has 1 N–H and O–H groups in total. The number of nitrogens with one attached hydrogen (secondary N) is 1. The maximum Gasteiger partial charge on any atom is 0.227 e. The summed E-state index contributed by atoms with van der Waals surface area (Å²) in [6.45, 7) is 3.72. The van der Waals surface area contributed by atoms with Gasteiger partial charge in [-0.05, 0) is 12.1 Å². The monoisotopic (exact) mass is 229 g/mol. The Morgan fingerprint density at radius 2 is 2.00 bits per heavy atom. The van der Waals surface area contributed by atoms with Crippen LogP contribution in [0.4, 0.5) is 5.69 Å². The van der Waals surface area contributed by atoms with Crippen molar-refractivity contribution in [1.82, 2.24) is 9.78 Å². The number of carbonyl (C=O) groups excluding carboxylic acids is 1. The molecule has 0 fully saturated rings. The van der Waals surface area contributed by atoms with Crippen molar-refractivity contribution in [2.24, 2.45) is 5.92 Å². The summed E-state index contributed by atoms with van der Waals surface area (Å²) < 4.78 is 1.73. The summed E-state index contributed by atoms with van der Waals surface area (Å²) in [7, 11) is 0. The minimum atomic E-state index is -0.0323. The van der Waals surface area contributed by atoms with E-state index in [2.05, 4.69) is 10.4 Å². The molecule has 0 saturated heterocycles. The molecule has 1 aromatic heterocycles. The number of anilines is 1. The molecular formula is C13H15N3O. The highest BCUT2D eigenvalue weighted by atomic mass is 16.1. The van der Waals surface area contributed by atoms with E-state index >= 15 is 0 Å². The van der Waals surface area contributed by atoms with E-state index < -0.39 is 0 Å². The zero-order valence-electron chi connectivity index (χ0n) is 9.92. The van der Waals surface area contributed by atoms with Gasteiger partial charge in [-0.25, -0.2) is 4.68 Å². The summed E-state index contributed by atoms with van der Waals surface area (Å²) in [4.78, 5) is 11.5. The molecule has 0 unspecified atom stereocenters. The third-order valence-electron chi connectivity index (χ3n) is 2.40. The smallest absolute Gasteiger partial charge is 0.227 e. The Balaban J connectivity index is 2.14. The Morgan fingerprint density at radius 1 is 1.29 bits per heavy atom. The van der Waals surface area contributed by atoms with Gasteiger partial charge in [0.25, 0.3) is 0 Å². The Labute approximate surface area is 100 Å². The number of benzene rings is 1. The lowest BCUT2D eigenvalue weighted by molar-refractivity contribution is -0.118. The van der Waals surface area contributed by atoms with Crippen LogP contribution >= 0.6 is 0 Å². The molecule has 0 atom stereocenters. The summed E-state index contributed by atoms with van der Waals surface area (Å²) in [6.07, 6.45) is 3.45. The van der Waals surface area contributed by atoms with Crippen LogP contribution in [-0.4, -0.2) is 15.7 Å². The van der Waals surface area contributed by atoms with Crippen LogP contribution in [0, 0.1) is 5.92 Å². The van der Waals surface area contributed by atoms with Gasteiger partial charge in [-0.15, -0.1) is 0 Å². The topological polar surface area (TPSA) is 46.9 Å². The first-order chi connectivity index (χ1) is 8.16. The standard InChI is InChI=1S/C13H15N3O/c1-10(2)13(17)15-11-8-14-16(9-11)12-6-4-3-5-7-12/h3-10H,1-2H3,(H,15,17). The second-order valence-corrected chi connectivity index (χ2v) is 4.15. The Hall–Kier alpha value is -2.10. The molecule has 0 spiro atoms. The van der Waals surface area contributed by atoms with Crippen molar-refractivity contribution in [3.05, 3.63) is 42.7 Å². The van der Waals surface area contributed by atoms with E-state index in [0.29, 0.717) is 5.69 Å². The molecule has 0 aliphatic carbocycles. The van der Waals surface area contributed by atoms with Gasteiger partial charge >= 0.3 is 0 Å². The summed E-state index contributed by atoms with van der Waals surface area (Å²) in [5.41, 5.74) is 1.69. The van der Waals surface area contributed by atoms with Gasteiger partial charge in [-0.3, -0.25) is 4.79 Å². The molecular weight excluding hydrogens is 214 g/mol. The van der Waals surface area contributed by atoms with Crippen LogP contribution in [0.5, 0.6) is 0 Å². The predicted molar refractivity (Wildman–Crippen MR) is 67.0 cm³/mol. The largest absolute Gasteiger partial charge is 0.323 e. The van der Waals surface area contributed by atoms with E-state index in [1.165, 1.54) is 0 Å². The molecule has 1 heterocycles. The lowest BCUT2D eigenvalue weighted by atomic mass is 10.2. The van der Waals surface area contributed by atoms with Crippen LogP contribution in [0.25, 0.3) is 5.69 Å². The van der Waals surface area contributed by atoms with E-state index in [9.17, 15) is 4.79 Å². The maximum absolute atomic E-state index is 11.5. The van der Waals surface area contributed by atoms with Crippen molar-refractivity contribution in [3.8, 4) is 5.69 Å². The average molecular weight is 229 g/mol. The molecule has 0 saturated carbocycles.